The van der Waals surface area contributed by atoms with Crippen LogP contribution in [0.1, 0.15) is 31.3 Å². The van der Waals surface area contributed by atoms with Crippen LogP contribution in [0.2, 0.25) is 0 Å². The minimum Gasteiger partial charge on any atom is -0.350 e. The summed E-state index contributed by atoms with van der Waals surface area (Å²) in [6.45, 7) is 6.77. The van der Waals surface area contributed by atoms with Crippen LogP contribution in [-0.2, 0) is 0 Å². The number of hydrazine groups is 1. The summed E-state index contributed by atoms with van der Waals surface area (Å²) < 4.78 is 0. The molecule has 5 nitrogen and oxygen atoms in total. The number of hydrogen-bond acceptors (Lipinski definition) is 4. The highest BCUT2D eigenvalue weighted by Gasteiger charge is 2.13. The van der Waals surface area contributed by atoms with E-state index in [0.717, 1.165) is 0 Å². The quantitative estimate of drug-likeness (QED) is 0.529. The van der Waals surface area contributed by atoms with Crippen LogP contribution in [0.3, 0.4) is 0 Å². The zero-order valence-corrected chi connectivity index (χ0v) is 9.87. The summed E-state index contributed by atoms with van der Waals surface area (Å²) in [4.78, 5) is 15.7. The summed E-state index contributed by atoms with van der Waals surface area (Å²) in [7, 11) is 0. The summed E-state index contributed by atoms with van der Waals surface area (Å²) in [6, 6.07) is 3.30. The standard InChI is InChI=1S/C11H18N4O/c1-11(2,3)7-14-10(16)9-6-8(15-12)4-5-13-9/h4-6H,7,12H2,1-3H3,(H,13,15)(H,14,16). The number of nitrogen functional groups attached to an aromatic ring is 1. The van der Waals surface area contributed by atoms with E-state index in [1.165, 1.54) is 0 Å². The zero-order valence-electron chi connectivity index (χ0n) is 9.87. The lowest BCUT2D eigenvalue weighted by Gasteiger charge is -2.18. The van der Waals surface area contributed by atoms with Crippen molar-refractivity contribution in [2.45, 2.75) is 20.8 Å². The molecule has 1 heterocycles. The fraction of sp³-hybridized carbons (Fsp3) is 0.455. The maximum Gasteiger partial charge on any atom is 0.269 e. The van der Waals surface area contributed by atoms with Gasteiger partial charge in [-0.05, 0) is 17.5 Å². The van der Waals surface area contributed by atoms with E-state index >= 15 is 0 Å². The van der Waals surface area contributed by atoms with Gasteiger partial charge in [-0.2, -0.15) is 0 Å². The normalized spacial score (nSPS) is 11.0. The Bertz CT molecular complexity index is 370. The number of carbonyl (C=O) groups excluding carboxylic acids is 1. The van der Waals surface area contributed by atoms with Crippen LogP contribution in [0.15, 0.2) is 18.3 Å². The van der Waals surface area contributed by atoms with Crippen LogP contribution in [-0.4, -0.2) is 17.4 Å². The van der Waals surface area contributed by atoms with Gasteiger partial charge in [0.15, 0.2) is 0 Å². The molecule has 0 saturated heterocycles. The summed E-state index contributed by atoms with van der Waals surface area (Å²) in [5.74, 6) is 5.06. The van der Waals surface area contributed by atoms with Crippen molar-refractivity contribution >= 4 is 11.6 Å². The number of rotatable bonds is 3. The highest BCUT2D eigenvalue weighted by atomic mass is 16.1. The second-order valence-electron chi connectivity index (χ2n) is 4.82. The van der Waals surface area contributed by atoms with Gasteiger partial charge in [-0.25, -0.2) is 0 Å². The Morgan fingerprint density at radius 2 is 2.19 bits per heavy atom. The predicted octanol–water partition coefficient (Wildman–Crippen LogP) is 1.14. The average molecular weight is 222 g/mol. The fourth-order valence-corrected chi connectivity index (χ4v) is 1.08. The molecular formula is C11H18N4O. The molecular weight excluding hydrogens is 204 g/mol. The number of nitrogens with one attached hydrogen (secondary N) is 2. The van der Waals surface area contributed by atoms with Crippen molar-refractivity contribution in [1.29, 1.82) is 0 Å². The third kappa shape index (κ3) is 3.86. The first kappa shape index (κ1) is 12.4. The average Bonchev–Trinajstić information content (AvgIpc) is 2.25. The molecule has 0 fully saturated rings. The fourth-order valence-electron chi connectivity index (χ4n) is 1.08. The van der Waals surface area contributed by atoms with E-state index in [0.29, 0.717) is 17.9 Å². The Kier molecular flexibility index (Phi) is 3.84. The van der Waals surface area contributed by atoms with Crippen LogP contribution in [0.25, 0.3) is 0 Å². The lowest BCUT2D eigenvalue weighted by Crippen LogP contribution is -2.32. The summed E-state index contributed by atoms with van der Waals surface area (Å²) >= 11 is 0. The van der Waals surface area contributed by atoms with Gasteiger partial charge in [0.05, 0.1) is 5.69 Å². The summed E-state index contributed by atoms with van der Waals surface area (Å²) in [5.41, 5.74) is 3.55. The second kappa shape index (κ2) is 4.94. The highest BCUT2D eigenvalue weighted by Crippen LogP contribution is 2.11. The first-order valence-electron chi connectivity index (χ1n) is 5.13. The number of nitrogens with zero attached hydrogens (tertiary/aromatic N) is 1. The van der Waals surface area contributed by atoms with Crippen LogP contribution in [0.5, 0.6) is 0 Å². The zero-order chi connectivity index (χ0) is 12.2. The largest absolute Gasteiger partial charge is 0.350 e. The van der Waals surface area contributed by atoms with Crippen molar-refractivity contribution in [3.63, 3.8) is 0 Å². The number of anilines is 1. The van der Waals surface area contributed by atoms with Crippen LogP contribution < -0.4 is 16.6 Å². The molecule has 1 aromatic heterocycles. The molecule has 0 aliphatic carbocycles. The van der Waals surface area contributed by atoms with E-state index in [1.807, 2.05) is 0 Å². The summed E-state index contributed by atoms with van der Waals surface area (Å²) in [5, 5.41) is 2.82. The monoisotopic (exact) mass is 222 g/mol. The van der Waals surface area contributed by atoms with Gasteiger partial charge in [0, 0.05) is 12.7 Å². The maximum atomic E-state index is 11.7. The molecule has 5 heteroatoms. The van der Waals surface area contributed by atoms with Gasteiger partial charge in [-0.1, -0.05) is 20.8 Å². The summed E-state index contributed by atoms with van der Waals surface area (Å²) in [6.07, 6.45) is 1.54. The van der Waals surface area contributed by atoms with E-state index in [2.05, 4.69) is 36.5 Å². The number of carbonyl (C=O) groups is 1. The van der Waals surface area contributed by atoms with Gasteiger partial charge >= 0.3 is 0 Å². The molecule has 0 radical (unpaired) electrons. The number of nitrogens with two attached hydrogens (primary N) is 1. The maximum absolute atomic E-state index is 11.7. The topological polar surface area (TPSA) is 80.0 Å². The van der Waals surface area contributed by atoms with Gasteiger partial charge in [-0.3, -0.25) is 15.6 Å². The van der Waals surface area contributed by atoms with Gasteiger partial charge < -0.3 is 10.7 Å². The van der Waals surface area contributed by atoms with Crippen LogP contribution >= 0.6 is 0 Å². The molecule has 0 unspecified atom stereocenters. The smallest absolute Gasteiger partial charge is 0.269 e. The van der Waals surface area contributed by atoms with Gasteiger partial charge in [0.1, 0.15) is 5.69 Å². The molecule has 0 aliphatic rings. The molecule has 0 spiro atoms. The van der Waals surface area contributed by atoms with Crippen molar-refractivity contribution in [2.75, 3.05) is 12.0 Å². The van der Waals surface area contributed by atoms with Gasteiger partial charge in [0.2, 0.25) is 0 Å². The van der Waals surface area contributed by atoms with E-state index < -0.39 is 0 Å². The van der Waals surface area contributed by atoms with Crippen molar-refractivity contribution in [2.24, 2.45) is 11.3 Å². The SMILES string of the molecule is CC(C)(C)CNC(=O)c1cc(NN)ccn1. The third-order valence-electron chi connectivity index (χ3n) is 1.94. The molecule has 1 rings (SSSR count). The Morgan fingerprint density at radius 3 is 2.75 bits per heavy atom. The minimum absolute atomic E-state index is 0.0549. The molecule has 16 heavy (non-hydrogen) atoms. The Hall–Kier alpha value is -1.62. The third-order valence-corrected chi connectivity index (χ3v) is 1.94. The Labute approximate surface area is 95.4 Å². The number of pyridine rings is 1. The van der Waals surface area contributed by atoms with E-state index in [9.17, 15) is 4.79 Å². The van der Waals surface area contributed by atoms with Crippen molar-refractivity contribution in [3.05, 3.63) is 24.0 Å². The molecule has 88 valence electrons. The Morgan fingerprint density at radius 1 is 1.50 bits per heavy atom. The molecule has 0 atom stereocenters. The first-order chi connectivity index (χ1) is 7.42. The van der Waals surface area contributed by atoms with Crippen molar-refractivity contribution < 1.29 is 4.79 Å². The minimum atomic E-state index is -0.188. The van der Waals surface area contributed by atoms with E-state index in [4.69, 9.17) is 5.84 Å². The van der Waals surface area contributed by atoms with Crippen molar-refractivity contribution in [3.8, 4) is 0 Å². The lowest BCUT2D eigenvalue weighted by molar-refractivity contribution is 0.0934. The van der Waals surface area contributed by atoms with E-state index in [1.54, 1.807) is 18.3 Å². The molecule has 1 amide bonds. The number of aromatic nitrogens is 1. The molecule has 0 bridgehead atoms. The van der Waals surface area contributed by atoms with Crippen molar-refractivity contribution in [1.82, 2.24) is 10.3 Å². The second-order valence-corrected chi connectivity index (χ2v) is 4.82. The number of amides is 1. The predicted molar refractivity (Wildman–Crippen MR) is 63.8 cm³/mol. The molecule has 0 aliphatic heterocycles. The first-order valence-corrected chi connectivity index (χ1v) is 5.13. The van der Waals surface area contributed by atoms with Gasteiger partial charge in [0.25, 0.3) is 5.91 Å². The number of hydrogen-bond donors (Lipinski definition) is 3. The van der Waals surface area contributed by atoms with Gasteiger partial charge in [-0.15, -0.1) is 0 Å². The van der Waals surface area contributed by atoms with Crippen LogP contribution in [0.4, 0.5) is 5.69 Å². The lowest BCUT2D eigenvalue weighted by atomic mass is 9.97. The molecule has 1 aromatic rings. The highest BCUT2D eigenvalue weighted by molar-refractivity contribution is 5.93. The molecule has 4 N–H and O–H groups in total. The van der Waals surface area contributed by atoms with Crippen LogP contribution in [0, 0.1) is 5.41 Å². The molecule has 0 saturated carbocycles. The van der Waals surface area contributed by atoms with E-state index in [-0.39, 0.29) is 11.3 Å². The Balaban J connectivity index is 2.66. The molecule has 0 aromatic carbocycles.